The molecule has 0 atom stereocenters. The zero-order valence-electron chi connectivity index (χ0n) is 10.9. The van der Waals surface area contributed by atoms with Crippen molar-refractivity contribution in [3.05, 3.63) is 22.8 Å². The molecule has 0 amide bonds. The minimum Gasteiger partial charge on any atom is -0.478 e. The molecule has 0 radical (unpaired) electrons. The van der Waals surface area contributed by atoms with Crippen molar-refractivity contribution < 1.29 is 14.6 Å². The van der Waals surface area contributed by atoms with Gasteiger partial charge in [0.2, 0.25) is 5.88 Å². The SMILES string of the molecule is CN(C)C(C)(C)COc1cc(C(=O)O)c(Cl)cn1. The molecule has 0 aliphatic heterocycles. The van der Waals surface area contributed by atoms with Crippen LogP contribution in [0.1, 0.15) is 24.2 Å². The standard InChI is InChI=1S/C12H17ClN2O3/c1-12(2,15(3)4)7-18-10-5-8(11(16)17)9(13)6-14-10/h5-6H,7H2,1-4H3,(H,16,17). The zero-order valence-corrected chi connectivity index (χ0v) is 11.7. The Bertz CT molecular complexity index is 447. The number of halogens is 1. The second-order valence-corrected chi connectivity index (χ2v) is 5.21. The van der Waals surface area contributed by atoms with Crippen molar-refractivity contribution in [2.45, 2.75) is 19.4 Å². The Kier molecular flexibility index (Phi) is 4.53. The van der Waals surface area contributed by atoms with E-state index in [0.29, 0.717) is 6.61 Å². The molecule has 0 unspecified atom stereocenters. The molecule has 0 aliphatic carbocycles. The van der Waals surface area contributed by atoms with Crippen LogP contribution in [0.4, 0.5) is 0 Å². The van der Waals surface area contributed by atoms with Gasteiger partial charge in [0.25, 0.3) is 0 Å². The first kappa shape index (κ1) is 14.7. The summed E-state index contributed by atoms with van der Waals surface area (Å²) in [5.74, 6) is -0.842. The lowest BCUT2D eigenvalue weighted by molar-refractivity contribution is 0.0695. The van der Waals surface area contributed by atoms with Crippen molar-refractivity contribution in [1.29, 1.82) is 0 Å². The molecule has 1 aromatic rings. The minimum absolute atomic E-state index is 0.00988. The highest BCUT2D eigenvalue weighted by molar-refractivity contribution is 6.33. The van der Waals surface area contributed by atoms with E-state index in [-0.39, 0.29) is 22.0 Å². The van der Waals surface area contributed by atoms with Gasteiger partial charge in [0.05, 0.1) is 16.8 Å². The molecular weight excluding hydrogens is 256 g/mol. The number of ether oxygens (including phenoxy) is 1. The third-order valence-corrected chi connectivity index (χ3v) is 3.15. The van der Waals surface area contributed by atoms with Gasteiger partial charge in [-0.15, -0.1) is 0 Å². The Morgan fingerprint density at radius 3 is 2.67 bits per heavy atom. The van der Waals surface area contributed by atoms with Gasteiger partial charge in [-0.1, -0.05) is 11.6 Å². The van der Waals surface area contributed by atoms with E-state index in [1.807, 2.05) is 32.8 Å². The van der Waals surface area contributed by atoms with Gasteiger partial charge < -0.3 is 14.7 Å². The number of nitrogens with zero attached hydrogens (tertiary/aromatic N) is 2. The molecule has 0 saturated carbocycles. The monoisotopic (exact) mass is 272 g/mol. The summed E-state index contributed by atoms with van der Waals surface area (Å²) in [6.07, 6.45) is 1.28. The number of aromatic carboxylic acids is 1. The van der Waals surface area contributed by atoms with E-state index in [1.165, 1.54) is 12.3 Å². The highest BCUT2D eigenvalue weighted by Gasteiger charge is 2.22. The number of hydrogen-bond acceptors (Lipinski definition) is 4. The Balaban J connectivity index is 2.81. The van der Waals surface area contributed by atoms with Crippen molar-refractivity contribution in [1.82, 2.24) is 9.88 Å². The van der Waals surface area contributed by atoms with Gasteiger partial charge in [-0.05, 0) is 27.9 Å². The lowest BCUT2D eigenvalue weighted by atomic mass is 10.1. The fourth-order valence-electron chi connectivity index (χ4n) is 1.04. The first-order valence-electron chi connectivity index (χ1n) is 5.43. The van der Waals surface area contributed by atoms with E-state index in [2.05, 4.69) is 4.98 Å². The molecule has 5 nitrogen and oxygen atoms in total. The van der Waals surface area contributed by atoms with Crippen molar-refractivity contribution in [3.63, 3.8) is 0 Å². The van der Waals surface area contributed by atoms with Crippen LogP contribution in [0.3, 0.4) is 0 Å². The fourth-order valence-corrected chi connectivity index (χ4v) is 1.23. The first-order chi connectivity index (χ1) is 8.24. The van der Waals surface area contributed by atoms with Crippen molar-refractivity contribution in [2.24, 2.45) is 0 Å². The largest absolute Gasteiger partial charge is 0.478 e. The lowest BCUT2D eigenvalue weighted by Gasteiger charge is -2.31. The number of carboxylic acids is 1. The molecule has 0 aromatic carbocycles. The molecule has 0 bridgehead atoms. The smallest absolute Gasteiger partial charge is 0.337 e. The summed E-state index contributed by atoms with van der Waals surface area (Å²) >= 11 is 5.72. The normalized spacial score (nSPS) is 11.7. The second kappa shape index (κ2) is 5.54. The summed E-state index contributed by atoms with van der Waals surface area (Å²) in [6, 6.07) is 1.33. The van der Waals surface area contributed by atoms with E-state index in [4.69, 9.17) is 21.4 Å². The van der Waals surface area contributed by atoms with Crippen molar-refractivity contribution in [2.75, 3.05) is 20.7 Å². The summed E-state index contributed by atoms with van der Waals surface area (Å²) in [5, 5.41) is 9.03. The van der Waals surface area contributed by atoms with Gasteiger partial charge in [0, 0.05) is 11.6 Å². The maximum absolute atomic E-state index is 10.9. The molecule has 100 valence electrons. The van der Waals surface area contributed by atoms with Crippen LogP contribution < -0.4 is 4.74 Å². The molecule has 6 heteroatoms. The summed E-state index contributed by atoms with van der Waals surface area (Å²) in [4.78, 5) is 16.9. The van der Waals surface area contributed by atoms with Gasteiger partial charge in [-0.25, -0.2) is 9.78 Å². The number of hydrogen-bond donors (Lipinski definition) is 1. The van der Waals surface area contributed by atoms with Crippen LogP contribution in [-0.4, -0.2) is 47.2 Å². The van der Waals surface area contributed by atoms with Crippen LogP contribution in [0, 0.1) is 0 Å². The van der Waals surface area contributed by atoms with E-state index >= 15 is 0 Å². The zero-order chi connectivity index (χ0) is 13.9. The number of pyridine rings is 1. The van der Waals surface area contributed by atoms with Gasteiger partial charge >= 0.3 is 5.97 Å². The molecule has 18 heavy (non-hydrogen) atoms. The summed E-state index contributed by atoms with van der Waals surface area (Å²) in [7, 11) is 3.89. The van der Waals surface area contributed by atoms with Crippen LogP contribution in [0.2, 0.25) is 5.02 Å². The Morgan fingerprint density at radius 1 is 1.56 bits per heavy atom. The summed E-state index contributed by atoms with van der Waals surface area (Å²) < 4.78 is 5.50. The predicted octanol–water partition coefficient (Wildman–Crippen LogP) is 2.15. The average molecular weight is 273 g/mol. The molecule has 1 rings (SSSR count). The summed E-state index contributed by atoms with van der Waals surface area (Å²) in [6.45, 7) is 4.43. The Morgan fingerprint density at radius 2 is 2.17 bits per heavy atom. The topological polar surface area (TPSA) is 62.7 Å². The summed E-state index contributed by atoms with van der Waals surface area (Å²) in [5.41, 5.74) is -0.186. The number of rotatable bonds is 5. The van der Waals surface area contributed by atoms with Crippen LogP contribution in [0.15, 0.2) is 12.3 Å². The lowest BCUT2D eigenvalue weighted by Crippen LogP contribution is -2.43. The van der Waals surface area contributed by atoms with Gasteiger partial charge in [-0.2, -0.15) is 0 Å². The Labute approximate surface area is 111 Å². The van der Waals surface area contributed by atoms with Gasteiger partial charge in [0.1, 0.15) is 6.61 Å². The highest BCUT2D eigenvalue weighted by Crippen LogP contribution is 2.20. The van der Waals surface area contributed by atoms with E-state index in [9.17, 15) is 4.79 Å². The maximum Gasteiger partial charge on any atom is 0.337 e. The van der Waals surface area contributed by atoms with Crippen LogP contribution in [0.5, 0.6) is 5.88 Å². The fraction of sp³-hybridized carbons (Fsp3) is 0.500. The number of carbonyl (C=O) groups is 1. The molecule has 0 saturated heterocycles. The van der Waals surface area contributed by atoms with Crippen LogP contribution in [0.25, 0.3) is 0 Å². The minimum atomic E-state index is -1.10. The van der Waals surface area contributed by atoms with Crippen molar-refractivity contribution >= 4 is 17.6 Å². The number of carboxylic acid groups (broad SMARTS) is 1. The van der Waals surface area contributed by atoms with E-state index < -0.39 is 5.97 Å². The third-order valence-electron chi connectivity index (χ3n) is 2.84. The molecule has 0 spiro atoms. The molecule has 0 aliphatic rings. The molecule has 1 aromatic heterocycles. The molecule has 0 fully saturated rings. The van der Waals surface area contributed by atoms with E-state index in [1.54, 1.807) is 0 Å². The number of likely N-dealkylation sites (N-methyl/N-ethyl adjacent to an activating group) is 1. The molecular formula is C12H17ClN2O3. The van der Waals surface area contributed by atoms with Gasteiger partial charge in [-0.3, -0.25) is 0 Å². The maximum atomic E-state index is 10.9. The number of aromatic nitrogens is 1. The molecule has 1 heterocycles. The first-order valence-corrected chi connectivity index (χ1v) is 5.81. The Hall–Kier alpha value is -1.33. The second-order valence-electron chi connectivity index (χ2n) is 4.80. The van der Waals surface area contributed by atoms with E-state index in [0.717, 1.165) is 0 Å². The van der Waals surface area contributed by atoms with Crippen LogP contribution >= 0.6 is 11.6 Å². The quantitative estimate of drug-likeness (QED) is 0.890. The average Bonchev–Trinajstić information content (AvgIpc) is 2.27. The van der Waals surface area contributed by atoms with Crippen molar-refractivity contribution in [3.8, 4) is 5.88 Å². The van der Waals surface area contributed by atoms with Gasteiger partial charge in [0.15, 0.2) is 0 Å². The van der Waals surface area contributed by atoms with Crippen LogP contribution in [-0.2, 0) is 0 Å². The highest BCUT2D eigenvalue weighted by atomic mass is 35.5. The predicted molar refractivity (Wildman–Crippen MR) is 69.5 cm³/mol. The third kappa shape index (κ3) is 3.58. The molecule has 1 N–H and O–H groups in total.